The van der Waals surface area contributed by atoms with Crippen LogP contribution in [0.5, 0.6) is 5.75 Å². The van der Waals surface area contributed by atoms with E-state index in [4.69, 9.17) is 9.47 Å². The topological polar surface area (TPSA) is 51.7 Å². The smallest absolute Gasteiger partial charge is 0.257 e. The second-order valence-electron chi connectivity index (χ2n) is 5.58. The zero-order valence-corrected chi connectivity index (χ0v) is 13.9. The van der Waals surface area contributed by atoms with Crippen molar-refractivity contribution in [3.05, 3.63) is 46.4 Å². The average Bonchev–Trinajstić information content (AvgIpc) is 3.26. The molecule has 0 bridgehead atoms. The van der Waals surface area contributed by atoms with Gasteiger partial charge in [0.1, 0.15) is 12.4 Å². The summed E-state index contributed by atoms with van der Waals surface area (Å²) >= 11 is 1.53. The van der Waals surface area contributed by atoms with Crippen molar-refractivity contribution in [1.82, 2.24) is 9.88 Å². The Morgan fingerprint density at radius 1 is 1.48 bits per heavy atom. The first-order valence-electron chi connectivity index (χ1n) is 7.70. The quantitative estimate of drug-likeness (QED) is 0.816. The minimum absolute atomic E-state index is 0.0686. The summed E-state index contributed by atoms with van der Waals surface area (Å²) in [6.45, 7) is 1.77. The van der Waals surface area contributed by atoms with Crippen molar-refractivity contribution in [2.45, 2.75) is 25.5 Å². The maximum absolute atomic E-state index is 12.7. The molecule has 1 fully saturated rings. The minimum atomic E-state index is -0.0686. The van der Waals surface area contributed by atoms with E-state index < -0.39 is 0 Å². The lowest BCUT2D eigenvalue weighted by molar-refractivity contribution is 0.0656. The standard InChI is InChI=1S/C17H20N2O3S/c1-19(9-13-11-23-12-18-13)17(20)15-6-2-3-7-16(15)22-10-14-5-4-8-21-14/h2-3,6-7,11-12,14H,4-5,8-10H2,1H3. The monoisotopic (exact) mass is 332 g/mol. The molecule has 1 atom stereocenters. The molecule has 23 heavy (non-hydrogen) atoms. The molecule has 1 amide bonds. The number of aromatic nitrogens is 1. The van der Waals surface area contributed by atoms with E-state index in [0.717, 1.165) is 25.1 Å². The van der Waals surface area contributed by atoms with Gasteiger partial charge >= 0.3 is 0 Å². The van der Waals surface area contributed by atoms with Gasteiger partial charge in [-0.25, -0.2) is 4.98 Å². The summed E-state index contributed by atoms with van der Waals surface area (Å²) in [5.74, 6) is 0.541. The van der Waals surface area contributed by atoms with Crippen LogP contribution in [0.3, 0.4) is 0 Å². The molecule has 1 aliphatic heterocycles. The van der Waals surface area contributed by atoms with Crippen molar-refractivity contribution in [3.63, 3.8) is 0 Å². The molecule has 5 nitrogen and oxygen atoms in total. The number of hydrogen-bond donors (Lipinski definition) is 0. The predicted octanol–water partition coefficient (Wildman–Crippen LogP) is 2.97. The Bertz CT molecular complexity index is 639. The summed E-state index contributed by atoms with van der Waals surface area (Å²) in [6, 6.07) is 7.36. The summed E-state index contributed by atoms with van der Waals surface area (Å²) in [5.41, 5.74) is 3.23. The van der Waals surface area contributed by atoms with E-state index in [2.05, 4.69) is 4.98 Å². The van der Waals surface area contributed by atoms with Gasteiger partial charge in [-0.05, 0) is 25.0 Å². The largest absolute Gasteiger partial charge is 0.490 e. The molecule has 1 aliphatic rings. The van der Waals surface area contributed by atoms with E-state index in [0.29, 0.717) is 24.5 Å². The number of benzene rings is 1. The number of hydrogen-bond acceptors (Lipinski definition) is 5. The Kier molecular flexibility index (Phi) is 5.25. The molecular weight excluding hydrogens is 312 g/mol. The first kappa shape index (κ1) is 16.0. The Labute approximate surface area is 139 Å². The molecule has 0 N–H and O–H groups in total. The van der Waals surface area contributed by atoms with Gasteiger partial charge in [0.25, 0.3) is 5.91 Å². The van der Waals surface area contributed by atoms with Crippen LogP contribution in [0.2, 0.25) is 0 Å². The number of thiazole rings is 1. The van der Waals surface area contributed by atoms with E-state index in [9.17, 15) is 4.79 Å². The van der Waals surface area contributed by atoms with E-state index in [-0.39, 0.29) is 12.0 Å². The van der Waals surface area contributed by atoms with Gasteiger partial charge in [0.05, 0.1) is 29.4 Å². The fourth-order valence-corrected chi connectivity index (χ4v) is 3.11. The van der Waals surface area contributed by atoms with Gasteiger partial charge in [-0.15, -0.1) is 11.3 Å². The lowest BCUT2D eigenvalue weighted by Gasteiger charge is -2.19. The lowest BCUT2D eigenvalue weighted by atomic mass is 10.1. The van der Waals surface area contributed by atoms with Crippen molar-refractivity contribution in [2.24, 2.45) is 0 Å². The number of nitrogens with zero attached hydrogens (tertiary/aromatic N) is 2. The molecule has 2 aromatic rings. The number of para-hydroxylation sites is 1. The molecule has 1 aromatic heterocycles. The van der Waals surface area contributed by atoms with Gasteiger partial charge in [0, 0.05) is 19.0 Å². The number of carbonyl (C=O) groups is 1. The third-order valence-corrected chi connectivity index (χ3v) is 4.43. The summed E-state index contributed by atoms with van der Waals surface area (Å²) < 4.78 is 11.4. The number of ether oxygens (including phenoxy) is 2. The SMILES string of the molecule is CN(Cc1cscn1)C(=O)c1ccccc1OCC1CCCO1. The van der Waals surface area contributed by atoms with Crippen LogP contribution in [0.1, 0.15) is 28.9 Å². The fourth-order valence-electron chi connectivity index (χ4n) is 2.56. The summed E-state index contributed by atoms with van der Waals surface area (Å²) in [6.07, 6.45) is 2.22. The zero-order valence-electron chi connectivity index (χ0n) is 13.1. The number of rotatable bonds is 6. The van der Waals surface area contributed by atoms with Crippen LogP contribution in [0.25, 0.3) is 0 Å². The second kappa shape index (κ2) is 7.57. The molecule has 0 spiro atoms. The van der Waals surface area contributed by atoms with Crippen LogP contribution in [0, 0.1) is 0 Å². The summed E-state index contributed by atoms with van der Waals surface area (Å²) in [4.78, 5) is 18.6. The van der Waals surface area contributed by atoms with Crippen LogP contribution in [-0.4, -0.2) is 42.2 Å². The molecule has 0 aliphatic carbocycles. The molecule has 6 heteroatoms. The highest BCUT2D eigenvalue weighted by atomic mass is 32.1. The van der Waals surface area contributed by atoms with E-state index in [1.165, 1.54) is 11.3 Å². The van der Waals surface area contributed by atoms with Crippen LogP contribution in [0.4, 0.5) is 0 Å². The highest BCUT2D eigenvalue weighted by Crippen LogP contribution is 2.22. The predicted molar refractivity (Wildman–Crippen MR) is 88.8 cm³/mol. The van der Waals surface area contributed by atoms with Crippen LogP contribution >= 0.6 is 11.3 Å². The van der Waals surface area contributed by atoms with E-state index in [1.54, 1.807) is 23.5 Å². The minimum Gasteiger partial charge on any atom is -0.490 e. The maximum Gasteiger partial charge on any atom is 0.257 e. The first-order chi connectivity index (χ1) is 11.2. The third-order valence-electron chi connectivity index (χ3n) is 3.80. The van der Waals surface area contributed by atoms with Crippen LogP contribution in [-0.2, 0) is 11.3 Å². The van der Waals surface area contributed by atoms with Crippen molar-refractivity contribution < 1.29 is 14.3 Å². The van der Waals surface area contributed by atoms with Crippen LogP contribution in [0.15, 0.2) is 35.2 Å². The van der Waals surface area contributed by atoms with Gasteiger partial charge in [0.15, 0.2) is 0 Å². The average molecular weight is 332 g/mol. The molecule has 1 saturated heterocycles. The second-order valence-corrected chi connectivity index (χ2v) is 6.30. The molecular formula is C17H20N2O3S. The van der Waals surface area contributed by atoms with Gasteiger partial charge in [-0.3, -0.25) is 4.79 Å². The Hall–Kier alpha value is -1.92. The number of amides is 1. The lowest BCUT2D eigenvalue weighted by Crippen LogP contribution is -2.27. The van der Waals surface area contributed by atoms with Gasteiger partial charge in [-0.1, -0.05) is 12.1 Å². The van der Waals surface area contributed by atoms with E-state index >= 15 is 0 Å². The first-order valence-corrected chi connectivity index (χ1v) is 8.64. The van der Waals surface area contributed by atoms with Crippen LogP contribution < -0.4 is 4.74 Å². The normalized spacial score (nSPS) is 17.2. The fraction of sp³-hybridized carbons (Fsp3) is 0.412. The van der Waals surface area contributed by atoms with Crippen molar-refractivity contribution >= 4 is 17.2 Å². The van der Waals surface area contributed by atoms with Gasteiger partial charge in [0.2, 0.25) is 0 Å². The summed E-state index contributed by atoms with van der Waals surface area (Å²) in [7, 11) is 1.78. The number of carbonyl (C=O) groups excluding carboxylic acids is 1. The van der Waals surface area contributed by atoms with Gasteiger partial charge in [-0.2, -0.15) is 0 Å². The molecule has 0 saturated carbocycles. The molecule has 1 unspecified atom stereocenters. The highest BCUT2D eigenvalue weighted by Gasteiger charge is 2.20. The summed E-state index contributed by atoms with van der Waals surface area (Å²) in [5, 5.41) is 1.95. The van der Waals surface area contributed by atoms with Crippen molar-refractivity contribution in [1.29, 1.82) is 0 Å². The van der Waals surface area contributed by atoms with E-state index in [1.807, 2.05) is 23.6 Å². The maximum atomic E-state index is 12.7. The van der Waals surface area contributed by atoms with Crippen molar-refractivity contribution in [2.75, 3.05) is 20.3 Å². The Morgan fingerprint density at radius 3 is 3.09 bits per heavy atom. The Balaban J connectivity index is 1.66. The zero-order chi connectivity index (χ0) is 16.1. The highest BCUT2D eigenvalue weighted by molar-refractivity contribution is 7.07. The molecule has 122 valence electrons. The van der Waals surface area contributed by atoms with Crippen molar-refractivity contribution in [3.8, 4) is 5.75 Å². The molecule has 3 rings (SSSR count). The van der Waals surface area contributed by atoms with Gasteiger partial charge < -0.3 is 14.4 Å². The third kappa shape index (κ3) is 4.09. The molecule has 1 aromatic carbocycles. The molecule has 2 heterocycles. The molecule has 0 radical (unpaired) electrons. The Morgan fingerprint density at radius 2 is 2.35 bits per heavy atom.